The fourth-order valence-corrected chi connectivity index (χ4v) is 2.76. The molecule has 0 bridgehead atoms. The van der Waals surface area contributed by atoms with Gasteiger partial charge in [0.2, 0.25) is 5.91 Å². The molecule has 0 fully saturated rings. The number of hydrogen-bond donors (Lipinski definition) is 3. The molecule has 23 heavy (non-hydrogen) atoms. The van der Waals surface area contributed by atoms with Crippen molar-refractivity contribution in [1.82, 2.24) is 5.32 Å². The topological polar surface area (TPSA) is 87.5 Å². The van der Waals surface area contributed by atoms with Crippen LogP contribution in [-0.2, 0) is 4.79 Å². The number of rotatable bonds is 5. The summed E-state index contributed by atoms with van der Waals surface area (Å²) in [6.07, 6.45) is 1.28. The summed E-state index contributed by atoms with van der Waals surface area (Å²) < 4.78 is 0. The first-order valence-corrected chi connectivity index (χ1v) is 8.06. The van der Waals surface area contributed by atoms with Crippen molar-refractivity contribution >= 4 is 23.2 Å². The van der Waals surface area contributed by atoms with Crippen LogP contribution in [0.1, 0.15) is 37.0 Å². The molecule has 0 aromatic heterocycles. The predicted molar refractivity (Wildman–Crippen MR) is 92.7 cm³/mol. The van der Waals surface area contributed by atoms with Gasteiger partial charge in [-0.05, 0) is 30.5 Å². The van der Waals surface area contributed by atoms with Gasteiger partial charge < -0.3 is 21.3 Å². The van der Waals surface area contributed by atoms with E-state index in [-0.39, 0.29) is 17.9 Å². The number of anilines is 2. The van der Waals surface area contributed by atoms with Gasteiger partial charge in [0, 0.05) is 38.2 Å². The van der Waals surface area contributed by atoms with Crippen LogP contribution in [0, 0.1) is 5.92 Å². The number of fused-ring (bicyclic) bond motifs is 1. The van der Waals surface area contributed by atoms with Crippen LogP contribution in [0.4, 0.5) is 11.4 Å². The maximum absolute atomic E-state index is 12.4. The predicted octanol–water partition coefficient (Wildman–Crippen LogP) is 1.57. The van der Waals surface area contributed by atoms with E-state index in [0.29, 0.717) is 36.7 Å². The number of benzene rings is 1. The molecule has 6 nitrogen and oxygen atoms in total. The van der Waals surface area contributed by atoms with Gasteiger partial charge in [-0.25, -0.2) is 0 Å². The second-order valence-corrected chi connectivity index (χ2v) is 6.49. The second kappa shape index (κ2) is 7.46. The summed E-state index contributed by atoms with van der Waals surface area (Å²) >= 11 is 0. The van der Waals surface area contributed by atoms with Crippen LogP contribution in [0.5, 0.6) is 0 Å². The third kappa shape index (κ3) is 4.45. The fraction of sp³-hybridized carbons (Fsp3) is 0.529. The third-order valence-corrected chi connectivity index (χ3v) is 3.99. The Kier molecular flexibility index (Phi) is 5.60. The van der Waals surface area contributed by atoms with E-state index < -0.39 is 0 Å². The van der Waals surface area contributed by atoms with Crippen molar-refractivity contribution in [1.29, 1.82) is 0 Å². The molecule has 1 aromatic carbocycles. The number of amides is 2. The van der Waals surface area contributed by atoms with E-state index in [2.05, 4.69) is 24.5 Å². The van der Waals surface area contributed by atoms with E-state index >= 15 is 0 Å². The van der Waals surface area contributed by atoms with Crippen LogP contribution < -0.4 is 21.3 Å². The molecule has 2 amide bonds. The molecule has 1 aromatic rings. The zero-order valence-corrected chi connectivity index (χ0v) is 14.1. The van der Waals surface area contributed by atoms with E-state index in [0.717, 1.165) is 12.1 Å². The van der Waals surface area contributed by atoms with Crippen LogP contribution in [0.25, 0.3) is 0 Å². The molecular formula is C17H26N4O2. The molecule has 1 atom stereocenters. The summed E-state index contributed by atoms with van der Waals surface area (Å²) in [7, 11) is 1.94. The first kappa shape index (κ1) is 17.3. The SMILES string of the molecule is CC(C)CC(CN)NC(=O)c1ccc2c(c1)NC(=O)CCN2C. The molecule has 0 radical (unpaired) electrons. The molecule has 6 heteroatoms. The second-order valence-electron chi connectivity index (χ2n) is 6.49. The lowest BCUT2D eigenvalue weighted by Gasteiger charge is -2.21. The van der Waals surface area contributed by atoms with Gasteiger partial charge in [0.05, 0.1) is 11.4 Å². The lowest BCUT2D eigenvalue weighted by molar-refractivity contribution is -0.115. The molecule has 0 saturated carbocycles. The highest BCUT2D eigenvalue weighted by atomic mass is 16.2. The Hall–Kier alpha value is -2.08. The van der Waals surface area contributed by atoms with E-state index in [1.807, 2.05) is 18.0 Å². The fourth-order valence-electron chi connectivity index (χ4n) is 2.76. The Balaban J connectivity index is 2.17. The number of carbonyl (C=O) groups is 2. The minimum Gasteiger partial charge on any atom is -0.372 e. The quantitative estimate of drug-likeness (QED) is 0.769. The summed E-state index contributed by atoms with van der Waals surface area (Å²) in [4.78, 5) is 26.2. The van der Waals surface area contributed by atoms with Crippen LogP contribution in [0.15, 0.2) is 18.2 Å². The van der Waals surface area contributed by atoms with Crippen LogP contribution in [0.2, 0.25) is 0 Å². The van der Waals surface area contributed by atoms with Crippen LogP contribution >= 0.6 is 0 Å². The number of carbonyl (C=O) groups excluding carboxylic acids is 2. The van der Waals surface area contributed by atoms with Crippen LogP contribution in [0.3, 0.4) is 0 Å². The summed E-state index contributed by atoms with van der Waals surface area (Å²) in [5, 5.41) is 5.83. The molecular weight excluding hydrogens is 292 g/mol. The maximum Gasteiger partial charge on any atom is 0.251 e. The number of nitrogens with two attached hydrogens (primary N) is 1. The summed E-state index contributed by atoms with van der Waals surface area (Å²) in [5.41, 5.74) is 7.86. The normalized spacial score (nSPS) is 15.7. The molecule has 2 rings (SSSR count). The molecule has 1 unspecified atom stereocenters. The van der Waals surface area contributed by atoms with Crippen molar-refractivity contribution in [3.63, 3.8) is 0 Å². The summed E-state index contributed by atoms with van der Waals surface area (Å²) in [6.45, 7) is 5.27. The van der Waals surface area contributed by atoms with Crippen molar-refractivity contribution in [2.75, 3.05) is 30.4 Å². The molecule has 1 aliphatic rings. The smallest absolute Gasteiger partial charge is 0.251 e. The summed E-state index contributed by atoms with van der Waals surface area (Å²) in [6, 6.07) is 5.34. The molecule has 1 aliphatic heterocycles. The van der Waals surface area contributed by atoms with Gasteiger partial charge in [-0.15, -0.1) is 0 Å². The van der Waals surface area contributed by atoms with Gasteiger partial charge in [0.25, 0.3) is 5.91 Å². The van der Waals surface area contributed by atoms with Gasteiger partial charge >= 0.3 is 0 Å². The minimum atomic E-state index is -0.162. The summed E-state index contributed by atoms with van der Waals surface area (Å²) in [5.74, 6) is 0.265. The molecule has 126 valence electrons. The van der Waals surface area contributed by atoms with Crippen LogP contribution in [-0.4, -0.2) is 38.0 Å². The largest absolute Gasteiger partial charge is 0.372 e. The van der Waals surface area contributed by atoms with E-state index in [1.165, 1.54) is 0 Å². The van der Waals surface area contributed by atoms with Gasteiger partial charge in [-0.2, -0.15) is 0 Å². The van der Waals surface area contributed by atoms with Gasteiger partial charge in [0.1, 0.15) is 0 Å². The minimum absolute atomic E-state index is 0.0344. The zero-order chi connectivity index (χ0) is 17.0. The van der Waals surface area contributed by atoms with Crippen molar-refractivity contribution in [2.45, 2.75) is 32.7 Å². The Morgan fingerprint density at radius 2 is 2.17 bits per heavy atom. The lowest BCUT2D eigenvalue weighted by Crippen LogP contribution is -2.41. The maximum atomic E-state index is 12.4. The zero-order valence-electron chi connectivity index (χ0n) is 14.1. The van der Waals surface area contributed by atoms with E-state index in [4.69, 9.17) is 5.73 Å². The first-order valence-electron chi connectivity index (χ1n) is 8.06. The highest BCUT2D eigenvalue weighted by molar-refractivity contribution is 6.01. The Bertz CT molecular complexity index is 586. The van der Waals surface area contributed by atoms with E-state index in [1.54, 1.807) is 12.1 Å². The number of nitrogens with zero attached hydrogens (tertiary/aromatic N) is 1. The standard InChI is InChI=1S/C17H26N4O2/c1-11(2)8-13(10-18)19-17(23)12-4-5-15-14(9-12)20-16(22)6-7-21(15)3/h4-5,9,11,13H,6-8,10,18H2,1-3H3,(H,19,23)(H,20,22). The van der Waals surface area contributed by atoms with E-state index in [9.17, 15) is 9.59 Å². The third-order valence-electron chi connectivity index (χ3n) is 3.99. The van der Waals surface area contributed by atoms with Crippen molar-refractivity contribution in [3.8, 4) is 0 Å². The average Bonchev–Trinajstić information content (AvgIpc) is 2.64. The Morgan fingerprint density at radius 3 is 2.83 bits per heavy atom. The van der Waals surface area contributed by atoms with Crippen molar-refractivity contribution in [2.24, 2.45) is 11.7 Å². The van der Waals surface area contributed by atoms with Gasteiger partial charge in [-0.1, -0.05) is 13.8 Å². The number of nitrogens with one attached hydrogen (secondary N) is 2. The average molecular weight is 318 g/mol. The molecule has 0 spiro atoms. The number of hydrogen-bond acceptors (Lipinski definition) is 4. The highest BCUT2D eigenvalue weighted by Gasteiger charge is 2.19. The van der Waals surface area contributed by atoms with Crippen molar-refractivity contribution in [3.05, 3.63) is 23.8 Å². The van der Waals surface area contributed by atoms with Crippen molar-refractivity contribution < 1.29 is 9.59 Å². The van der Waals surface area contributed by atoms with Gasteiger partial charge in [0.15, 0.2) is 0 Å². The Labute approximate surface area is 137 Å². The Morgan fingerprint density at radius 1 is 1.43 bits per heavy atom. The molecule has 0 saturated heterocycles. The molecule has 0 aliphatic carbocycles. The lowest BCUT2D eigenvalue weighted by atomic mass is 10.0. The first-order chi connectivity index (χ1) is 10.9. The monoisotopic (exact) mass is 318 g/mol. The molecule has 1 heterocycles. The highest BCUT2D eigenvalue weighted by Crippen LogP contribution is 2.28. The van der Waals surface area contributed by atoms with Gasteiger partial charge in [-0.3, -0.25) is 9.59 Å². The molecule has 4 N–H and O–H groups in total.